The highest BCUT2D eigenvalue weighted by atomic mass is 32.2. The van der Waals surface area contributed by atoms with Gasteiger partial charge in [-0.25, -0.2) is 13.2 Å². The lowest BCUT2D eigenvalue weighted by Gasteiger charge is -2.41. The number of ketones is 2. The number of Topliss-reactive ketones (excluding diaryl/α,β-unsaturated/α-hetero) is 2. The number of nitrogens with zero attached hydrogens (tertiary/aromatic N) is 1. The van der Waals surface area contributed by atoms with Gasteiger partial charge in [-0.1, -0.05) is 73.4 Å². The van der Waals surface area contributed by atoms with Crippen molar-refractivity contribution in [2.24, 2.45) is 28.6 Å². The number of hydrogen-bond acceptors (Lipinski definition) is 7. The molecule has 4 aliphatic rings. The van der Waals surface area contributed by atoms with E-state index < -0.39 is 117 Å². The van der Waals surface area contributed by atoms with Gasteiger partial charge < -0.3 is 20.9 Å². The van der Waals surface area contributed by atoms with Crippen LogP contribution in [0.2, 0.25) is 0 Å². The monoisotopic (exact) mass is 715 g/mol. The van der Waals surface area contributed by atoms with Crippen LogP contribution >= 0.6 is 0 Å². The van der Waals surface area contributed by atoms with Crippen LogP contribution < -0.4 is 16.0 Å². The summed E-state index contributed by atoms with van der Waals surface area (Å²) in [5, 5.41) is 7.42. The summed E-state index contributed by atoms with van der Waals surface area (Å²) in [6.07, 6.45) is 4.42. The van der Waals surface area contributed by atoms with Gasteiger partial charge in [0.15, 0.2) is 15.6 Å². The first-order valence-corrected chi connectivity index (χ1v) is 19.4. The molecule has 3 saturated carbocycles. The van der Waals surface area contributed by atoms with Gasteiger partial charge >= 0.3 is 6.03 Å². The average molecular weight is 716 g/mol. The number of carbonyl (C=O) groups excluding carboxylic acids is 5. The van der Waals surface area contributed by atoms with Crippen molar-refractivity contribution in [3.8, 4) is 0 Å². The number of fused-ring (bicyclic) bond motifs is 1. The summed E-state index contributed by atoms with van der Waals surface area (Å²) in [5.41, 5.74) is -5.88. The van der Waals surface area contributed by atoms with E-state index in [1.165, 1.54) is 20.8 Å². The number of piperidine rings is 1. The lowest BCUT2D eigenvalue weighted by Crippen LogP contribution is -2.63. The Bertz CT molecular complexity index is 1680. The molecule has 0 radical (unpaired) electrons. The Balaban J connectivity index is 1.80. The van der Waals surface area contributed by atoms with E-state index in [9.17, 15) is 27.6 Å². The molecule has 4 rings (SSSR count). The summed E-state index contributed by atoms with van der Waals surface area (Å²) in [4.78, 5) is 70.9. The van der Waals surface area contributed by atoms with Crippen molar-refractivity contribution in [3.63, 3.8) is 0 Å². The van der Waals surface area contributed by atoms with Crippen molar-refractivity contribution in [1.29, 1.82) is 0 Å². The number of amides is 4. The van der Waals surface area contributed by atoms with Crippen LogP contribution in [0.5, 0.6) is 0 Å². The molecule has 0 aromatic carbocycles. The second-order valence-corrected chi connectivity index (χ2v) is 19.3. The van der Waals surface area contributed by atoms with Crippen LogP contribution in [0.25, 0.3) is 0 Å². The van der Waals surface area contributed by atoms with Crippen LogP contribution in [-0.2, 0) is 29.0 Å². The van der Waals surface area contributed by atoms with E-state index in [4.69, 9.17) is 12.3 Å². The summed E-state index contributed by atoms with van der Waals surface area (Å²) in [6.45, 7) is -2.02. The third kappa shape index (κ3) is 8.87. The zero-order valence-electron chi connectivity index (χ0n) is 38.9. The number of urea groups is 1. The zero-order valence-corrected chi connectivity index (χ0v) is 30.7. The maximum Gasteiger partial charge on any atom is 0.315 e. The third-order valence-electron chi connectivity index (χ3n) is 11.2. The zero-order chi connectivity index (χ0) is 44.2. The molecular weight excluding hydrogens is 644 g/mol. The number of unbranched alkanes of at least 4 members (excludes halogenated alkanes) is 1. The molecule has 12 heteroatoms. The highest BCUT2D eigenvalue weighted by Crippen LogP contribution is 2.65. The summed E-state index contributed by atoms with van der Waals surface area (Å²) in [6, 6.07) is -5.64. The normalized spacial score (nSPS) is 29.3. The molecule has 0 unspecified atom stereocenters. The van der Waals surface area contributed by atoms with Crippen LogP contribution in [0.3, 0.4) is 0 Å². The Labute approximate surface area is 306 Å². The average Bonchev–Trinajstić information content (AvgIpc) is 3.90. The van der Waals surface area contributed by atoms with Gasteiger partial charge in [0, 0.05) is 37.3 Å². The first-order chi connectivity index (χ1) is 26.3. The Morgan fingerprint density at radius 3 is 2.18 bits per heavy atom. The quantitative estimate of drug-likeness (QED) is 0.220. The van der Waals surface area contributed by atoms with E-state index in [1.807, 2.05) is 20.8 Å². The van der Waals surface area contributed by atoms with Crippen LogP contribution in [0, 0.1) is 28.6 Å². The Kier molecular flexibility index (Phi) is 8.18. The molecule has 1 saturated heterocycles. The predicted molar refractivity (Wildman–Crippen MR) is 189 cm³/mol. The van der Waals surface area contributed by atoms with Crippen molar-refractivity contribution in [2.45, 2.75) is 161 Å². The molecule has 0 aromatic rings. The first-order valence-electron chi connectivity index (χ1n) is 22.3. The van der Waals surface area contributed by atoms with Crippen LogP contribution in [-0.4, -0.2) is 83.4 Å². The molecule has 1 heterocycles. The van der Waals surface area contributed by atoms with E-state index in [0.717, 1.165) is 24.2 Å². The number of carbonyl (C=O) groups is 5. The van der Waals surface area contributed by atoms with Gasteiger partial charge in [0.05, 0.1) is 22.1 Å². The summed E-state index contributed by atoms with van der Waals surface area (Å²) in [7, 11) is -3.89. The van der Waals surface area contributed by atoms with E-state index in [-0.39, 0.29) is 37.8 Å². The van der Waals surface area contributed by atoms with Crippen molar-refractivity contribution in [1.82, 2.24) is 20.9 Å². The summed E-state index contributed by atoms with van der Waals surface area (Å²) < 4.78 is 102. The van der Waals surface area contributed by atoms with Crippen LogP contribution in [0.4, 0.5) is 4.79 Å². The van der Waals surface area contributed by atoms with E-state index in [2.05, 4.69) is 16.0 Å². The maximum atomic E-state index is 15.1. The molecule has 5 atom stereocenters. The molecule has 3 aliphatic carbocycles. The lowest BCUT2D eigenvalue weighted by molar-refractivity contribution is -0.145. The minimum Gasteiger partial charge on any atom is -0.347 e. The Morgan fingerprint density at radius 2 is 1.63 bits per heavy atom. The smallest absolute Gasteiger partial charge is 0.315 e. The first kappa shape index (κ1) is 28.1. The van der Waals surface area contributed by atoms with E-state index >= 15 is 4.79 Å². The Hall–Kier alpha value is -2.50. The van der Waals surface area contributed by atoms with Crippen molar-refractivity contribution >= 4 is 39.2 Å². The molecule has 0 bridgehead atoms. The highest BCUT2D eigenvalue weighted by molar-refractivity contribution is 7.92. The van der Waals surface area contributed by atoms with Gasteiger partial charge in [-0.15, -0.1) is 0 Å². The highest BCUT2D eigenvalue weighted by Gasteiger charge is 2.69. The molecule has 4 fully saturated rings. The molecule has 1 aliphatic heterocycles. The molecule has 4 amide bonds. The molecule has 3 N–H and O–H groups in total. The molecule has 278 valence electrons. The molecular formula is C37H62N4O7S. The molecule has 49 heavy (non-hydrogen) atoms. The van der Waals surface area contributed by atoms with Crippen molar-refractivity contribution in [3.05, 3.63) is 0 Å². The second kappa shape index (κ2) is 14.3. The van der Waals surface area contributed by atoms with Gasteiger partial charge in [-0.3, -0.25) is 19.2 Å². The number of rotatable bonds is 14. The van der Waals surface area contributed by atoms with Crippen LogP contribution in [0.15, 0.2) is 0 Å². The third-order valence-corrected chi connectivity index (χ3v) is 14.0. The predicted octanol–water partition coefficient (Wildman–Crippen LogP) is 4.71. The minimum atomic E-state index is -3.96. The fourth-order valence-corrected chi connectivity index (χ4v) is 9.26. The van der Waals surface area contributed by atoms with Crippen molar-refractivity contribution < 1.29 is 44.7 Å². The maximum absolute atomic E-state index is 15.1. The fourth-order valence-electron chi connectivity index (χ4n) is 7.74. The van der Waals surface area contributed by atoms with E-state index in [0.29, 0.717) is 25.7 Å². The van der Waals surface area contributed by atoms with Gasteiger partial charge in [-0.2, -0.15) is 0 Å². The van der Waals surface area contributed by atoms with Gasteiger partial charge in [0.1, 0.15) is 6.04 Å². The standard InChI is InChI=1S/C37H62N4O7S/c1-10-11-15-23(29(43)31(44)38-24-16-17-24)20-26(42)28-27-25(36(27,8)9)21-41(28)32(45)30(34(2,3)4)39-33(46)40-37(18-13-12-14-19-37)22-49(47,48)35(5,6)7/h23-25,27-28,30H,10-22H2,1-9H3,(H,38,44)(H2,39,40,46)/t23-,25+,27+,28-,30-/m1/s1/i2D3,3D3,4D3. The minimum absolute atomic E-state index is 0.123. The molecule has 0 aromatic heterocycles. The molecule has 11 nitrogen and oxygen atoms in total. The fraction of sp³-hybridized carbons (Fsp3) is 0.865. The Morgan fingerprint density at radius 1 is 1.00 bits per heavy atom. The number of sulfone groups is 1. The van der Waals surface area contributed by atoms with Gasteiger partial charge in [0.2, 0.25) is 11.7 Å². The summed E-state index contributed by atoms with van der Waals surface area (Å²) >= 11 is 0. The van der Waals surface area contributed by atoms with Gasteiger partial charge in [-0.05, 0) is 75.5 Å². The van der Waals surface area contributed by atoms with Crippen LogP contribution in [0.1, 0.15) is 145 Å². The van der Waals surface area contributed by atoms with Crippen molar-refractivity contribution in [2.75, 3.05) is 12.3 Å². The second-order valence-electron chi connectivity index (χ2n) is 16.6. The van der Waals surface area contributed by atoms with Gasteiger partial charge in [0.25, 0.3) is 5.91 Å². The number of likely N-dealkylation sites (tertiary alicyclic amines) is 1. The topological polar surface area (TPSA) is 159 Å². The molecule has 0 spiro atoms. The van der Waals surface area contributed by atoms with E-state index in [1.54, 1.807) is 0 Å². The summed E-state index contributed by atoms with van der Waals surface area (Å²) in [5.74, 6) is -6.16. The largest absolute Gasteiger partial charge is 0.347 e. The number of hydrogen-bond donors (Lipinski definition) is 3. The lowest BCUT2D eigenvalue weighted by atomic mass is 9.83. The SMILES string of the molecule is [2H]C([2H])([2H])C([C@H](NC(=O)NC1(CS(=O)(=O)C(C)(C)C)CCCCC1)C(=O)N1C[C@H]2[C@@H]([C@H]1C(=O)C[C@@H](CCCC)C(=O)C(=O)NC1CC1)C2(C)C)(C([2H])([2H])[2H])C([2H])([2H])[2H]. The number of nitrogens with one attached hydrogen (secondary N) is 3.